The number of carbonyl (C=O) groups is 1. The van der Waals surface area contributed by atoms with Gasteiger partial charge in [0.2, 0.25) is 0 Å². The first-order valence-electron chi connectivity index (χ1n) is 6.83. The quantitative estimate of drug-likeness (QED) is 0.909. The second-order valence-corrected chi connectivity index (χ2v) is 5.51. The number of amides is 1. The molecule has 1 saturated heterocycles. The second kappa shape index (κ2) is 7.07. The van der Waals surface area contributed by atoms with Crippen molar-refractivity contribution in [2.45, 2.75) is 32.4 Å². The Kier molecular flexibility index (Phi) is 5.40. The number of nitrogens with one attached hydrogen (secondary N) is 1. The van der Waals surface area contributed by atoms with E-state index in [1.807, 2.05) is 26.0 Å². The highest BCUT2D eigenvalue weighted by Gasteiger charge is 2.18. The van der Waals surface area contributed by atoms with Crippen molar-refractivity contribution in [3.63, 3.8) is 0 Å². The van der Waals surface area contributed by atoms with Crippen LogP contribution in [-0.2, 0) is 9.47 Å². The summed E-state index contributed by atoms with van der Waals surface area (Å²) in [6, 6.07) is 5.36. The summed E-state index contributed by atoms with van der Waals surface area (Å²) >= 11 is 6.14. The Morgan fingerprint density at radius 1 is 1.60 bits per heavy atom. The van der Waals surface area contributed by atoms with Gasteiger partial charge in [0, 0.05) is 12.6 Å². The van der Waals surface area contributed by atoms with Gasteiger partial charge in [-0.25, -0.2) is 0 Å². The van der Waals surface area contributed by atoms with Crippen LogP contribution in [0.15, 0.2) is 18.2 Å². The number of carbonyl (C=O) groups excluding carboxylic acids is 1. The second-order valence-electron chi connectivity index (χ2n) is 5.13. The SMILES string of the molecule is Cc1cccc(C(=O)NC(C)COC2CCOC2)c1Cl. The number of hydrogen-bond donors (Lipinski definition) is 1. The van der Waals surface area contributed by atoms with Gasteiger partial charge in [0.1, 0.15) is 0 Å². The predicted molar refractivity (Wildman–Crippen MR) is 78.3 cm³/mol. The van der Waals surface area contributed by atoms with Gasteiger partial charge in [-0.15, -0.1) is 0 Å². The van der Waals surface area contributed by atoms with Crippen LogP contribution in [0.4, 0.5) is 0 Å². The molecule has 1 aromatic carbocycles. The van der Waals surface area contributed by atoms with E-state index in [9.17, 15) is 4.79 Å². The molecule has 0 saturated carbocycles. The van der Waals surface area contributed by atoms with Crippen molar-refractivity contribution in [3.8, 4) is 0 Å². The summed E-state index contributed by atoms with van der Waals surface area (Å²) in [5.41, 5.74) is 1.40. The normalized spacial score (nSPS) is 19.9. The van der Waals surface area contributed by atoms with Crippen LogP contribution in [-0.4, -0.2) is 37.9 Å². The maximum Gasteiger partial charge on any atom is 0.253 e. The molecule has 0 aromatic heterocycles. The summed E-state index contributed by atoms with van der Waals surface area (Å²) in [5, 5.41) is 3.40. The van der Waals surface area contributed by atoms with Crippen LogP contribution in [0.5, 0.6) is 0 Å². The van der Waals surface area contributed by atoms with Crippen LogP contribution in [0, 0.1) is 6.92 Å². The summed E-state index contributed by atoms with van der Waals surface area (Å²) in [5.74, 6) is -0.169. The summed E-state index contributed by atoms with van der Waals surface area (Å²) < 4.78 is 10.9. The fraction of sp³-hybridized carbons (Fsp3) is 0.533. The third kappa shape index (κ3) is 3.95. The molecule has 0 aliphatic carbocycles. The Morgan fingerprint density at radius 2 is 2.40 bits per heavy atom. The molecule has 20 heavy (non-hydrogen) atoms. The minimum atomic E-state index is -0.169. The summed E-state index contributed by atoms with van der Waals surface area (Å²) in [6.07, 6.45) is 1.07. The first-order valence-corrected chi connectivity index (χ1v) is 7.21. The van der Waals surface area contributed by atoms with Crippen LogP contribution in [0.1, 0.15) is 29.3 Å². The van der Waals surface area contributed by atoms with Gasteiger partial charge in [0.05, 0.1) is 29.9 Å². The van der Waals surface area contributed by atoms with E-state index in [0.29, 0.717) is 23.8 Å². The Bertz CT molecular complexity index is 472. The lowest BCUT2D eigenvalue weighted by Gasteiger charge is -2.17. The number of halogens is 1. The van der Waals surface area contributed by atoms with Gasteiger partial charge in [-0.1, -0.05) is 23.7 Å². The largest absolute Gasteiger partial charge is 0.379 e. The fourth-order valence-electron chi connectivity index (χ4n) is 2.09. The molecule has 1 aliphatic heterocycles. The van der Waals surface area contributed by atoms with Gasteiger partial charge in [0.25, 0.3) is 5.91 Å². The molecule has 2 atom stereocenters. The molecule has 1 aliphatic rings. The highest BCUT2D eigenvalue weighted by Crippen LogP contribution is 2.20. The lowest BCUT2D eigenvalue weighted by Crippen LogP contribution is -2.37. The molecule has 0 spiro atoms. The van der Waals surface area contributed by atoms with Crippen LogP contribution < -0.4 is 5.32 Å². The van der Waals surface area contributed by atoms with Crippen molar-refractivity contribution in [2.24, 2.45) is 0 Å². The number of benzene rings is 1. The van der Waals surface area contributed by atoms with Crippen molar-refractivity contribution in [3.05, 3.63) is 34.3 Å². The average Bonchev–Trinajstić information content (AvgIpc) is 2.92. The van der Waals surface area contributed by atoms with Crippen molar-refractivity contribution in [1.82, 2.24) is 5.32 Å². The zero-order chi connectivity index (χ0) is 14.5. The van der Waals surface area contributed by atoms with Crippen molar-refractivity contribution in [1.29, 1.82) is 0 Å². The van der Waals surface area contributed by atoms with Gasteiger partial charge < -0.3 is 14.8 Å². The van der Waals surface area contributed by atoms with Gasteiger partial charge in [-0.05, 0) is 31.9 Å². The van der Waals surface area contributed by atoms with E-state index in [1.54, 1.807) is 6.07 Å². The lowest BCUT2D eigenvalue weighted by atomic mass is 10.1. The molecule has 2 rings (SSSR count). The lowest BCUT2D eigenvalue weighted by molar-refractivity contribution is 0.0318. The highest BCUT2D eigenvalue weighted by molar-refractivity contribution is 6.34. The van der Waals surface area contributed by atoms with Gasteiger partial charge in [0.15, 0.2) is 0 Å². The van der Waals surface area contributed by atoms with E-state index in [1.165, 1.54) is 0 Å². The topological polar surface area (TPSA) is 47.6 Å². The monoisotopic (exact) mass is 297 g/mol. The van der Waals surface area contributed by atoms with Gasteiger partial charge in [-0.2, -0.15) is 0 Å². The van der Waals surface area contributed by atoms with Crippen LogP contribution in [0.2, 0.25) is 5.02 Å². The summed E-state index contributed by atoms with van der Waals surface area (Å²) in [4.78, 5) is 12.1. The minimum absolute atomic E-state index is 0.0697. The minimum Gasteiger partial charge on any atom is -0.379 e. The standard InChI is InChI=1S/C15H20ClNO3/c1-10-4-3-5-13(14(10)16)15(18)17-11(2)8-20-12-6-7-19-9-12/h3-5,11-12H,6-9H2,1-2H3,(H,17,18). The summed E-state index contributed by atoms with van der Waals surface area (Å²) in [6.45, 7) is 5.67. The van der Waals surface area contributed by atoms with E-state index < -0.39 is 0 Å². The van der Waals surface area contributed by atoms with E-state index in [2.05, 4.69) is 5.32 Å². The third-order valence-electron chi connectivity index (χ3n) is 3.28. The summed E-state index contributed by atoms with van der Waals surface area (Å²) in [7, 11) is 0. The van der Waals surface area contributed by atoms with Gasteiger partial charge >= 0.3 is 0 Å². The van der Waals surface area contributed by atoms with Crippen LogP contribution >= 0.6 is 11.6 Å². The number of hydrogen-bond acceptors (Lipinski definition) is 3. The van der Waals surface area contributed by atoms with Crippen molar-refractivity contribution >= 4 is 17.5 Å². The molecule has 1 heterocycles. The molecular weight excluding hydrogens is 278 g/mol. The third-order valence-corrected chi connectivity index (χ3v) is 3.79. The van der Waals surface area contributed by atoms with Crippen molar-refractivity contribution < 1.29 is 14.3 Å². The molecule has 2 unspecified atom stereocenters. The molecule has 4 nitrogen and oxygen atoms in total. The first kappa shape index (κ1) is 15.3. The van der Waals surface area contributed by atoms with E-state index in [4.69, 9.17) is 21.1 Å². The average molecular weight is 298 g/mol. The number of aryl methyl sites for hydroxylation is 1. The maximum atomic E-state index is 12.1. The van der Waals surface area contributed by atoms with E-state index in [0.717, 1.165) is 18.6 Å². The zero-order valence-electron chi connectivity index (χ0n) is 11.8. The molecule has 0 radical (unpaired) electrons. The van der Waals surface area contributed by atoms with Crippen LogP contribution in [0.3, 0.4) is 0 Å². The molecule has 5 heteroatoms. The Balaban J connectivity index is 1.85. The molecule has 1 fully saturated rings. The highest BCUT2D eigenvalue weighted by atomic mass is 35.5. The maximum absolute atomic E-state index is 12.1. The fourth-order valence-corrected chi connectivity index (χ4v) is 2.30. The zero-order valence-corrected chi connectivity index (χ0v) is 12.6. The number of rotatable bonds is 5. The molecule has 0 bridgehead atoms. The molecular formula is C15H20ClNO3. The van der Waals surface area contributed by atoms with Crippen molar-refractivity contribution in [2.75, 3.05) is 19.8 Å². The Hall–Kier alpha value is -1.10. The van der Waals surface area contributed by atoms with E-state index in [-0.39, 0.29) is 18.1 Å². The van der Waals surface area contributed by atoms with E-state index >= 15 is 0 Å². The molecule has 1 amide bonds. The smallest absolute Gasteiger partial charge is 0.253 e. The Labute approximate surface area is 124 Å². The van der Waals surface area contributed by atoms with Crippen LogP contribution in [0.25, 0.3) is 0 Å². The van der Waals surface area contributed by atoms with Gasteiger partial charge in [-0.3, -0.25) is 4.79 Å². The predicted octanol–water partition coefficient (Wildman–Crippen LogP) is 2.57. The molecule has 1 N–H and O–H groups in total. The molecule has 1 aromatic rings. The number of ether oxygens (including phenoxy) is 2. The Morgan fingerprint density at radius 3 is 3.10 bits per heavy atom. The molecule has 110 valence electrons. The first-order chi connectivity index (χ1) is 9.58.